The van der Waals surface area contributed by atoms with Gasteiger partial charge in [-0.05, 0) is 24.5 Å². The molecule has 104 valence electrons. The van der Waals surface area contributed by atoms with Gasteiger partial charge in [-0.15, -0.1) is 0 Å². The second kappa shape index (κ2) is 7.41. The van der Waals surface area contributed by atoms with E-state index < -0.39 is 11.8 Å². The van der Waals surface area contributed by atoms with Gasteiger partial charge in [0.1, 0.15) is 5.75 Å². The molecule has 0 spiro atoms. The normalized spacial score (nSPS) is 10.1. The zero-order chi connectivity index (χ0) is 14.3. The molecule has 0 atom stereocenters. The lowest BCUT2D eigenvalue weighted by Gasteiger charge is -2.08. The Bertz CT molecular complexity index is 444. The van der Waals surface area contributed by atoms with Crippen molar-refractivity contribution in [2.75, 3.05) is 19.0 Å². The summed E-state index contributed by atoms with van der Waals surface area (Å²) in [6, 6.07) is 6.85. The maximum Gasteiger partial charge on any atom is 0.313 e. The van der Waals surface area contributed by atoms with Gasteiger partial charge in [0.2, 0.25) is 0 Å². The Labute approximate surface area is 113 Å². The lowest BCUT2D eigenvalue weighted by molar-refractivity contribution is -0.136. The minimum Gasteiger partial charge on any atom is -0.497 e. The van der Waals surface area contributed by atoms with Gasteiger partial charge in [-0.2, -0.15) is 0 Å². The molecule has 19 heavy (non-hydrogen) atoms. The van der Waals surface area contributed by atoms with Crippen molar-refractivity contribution in [3.8, 4) is 5.75 Å². The van der Waals surface area contributed by atoms with Crippen LogP contribution in [0.3, 0.4) is 0 Å². The predicted molar refractivity (Wildman–Crippen MR) is 74.1 cm³/mol. The van der Waals surface area contributed by atoms with Crippen LogP contribution in [0.2, 0.25) is 0 Å². The van der Waals surface area contributed by atoms with Gasteiger partial charge in [0, 0.05) is 18.3 Å². The van der Waals surface area contributed by atoms with Crippen LogP contribution in [0.1, 0.15) is 20.3 Å². The first-order valence-corrected chi connectivity index (χ1v) is 6.26. The summed E-state index contributed by atoms with van der Waals surface area (Å²) in [6.07, 6.45) is 0.845. The van der Waals surface area contributed by atoms with E-state index in [9.17, 15) is 9.59 Å². The molecule has 1 aromatic rings. The van der Waals surface area contributed by atoms with E-state index >= 15 is 0 Å². The zero-order valence-electron chi connectivity index (χ0n) is 11.5. The van der Waals surface area contributed by atoms with Gasteiger partial charge in [0.05, 0.1) is 7.11 Å². The molecule has 0 saturated carbocycles. The van der Waals surface area contributed by atoms with Crippen LogP contribution in [0.4, 0.5) is 5.69 Å². The number of rotatable bonds is 5. The van der Waals surface area contributed by atoms with Crippen molar-refractivity contribution in [3.63, 3.8) is 0 Å². The minimum absolute atomic E-state index is 0.488. The average molecular weight is 264 g/mol. The molecular formula is C14H20N2O3. The number of hydrogen-bond donors (Lipinski definition) is 2. The van der Waals surface area contributed by atoms with E-state index in [4.69, 9.17) is 4.74 Å². The van der Waals surface area contributed by atoms with Gasteiger partial charge in [-0.3, -0.25) is 9.59 Å². The molecule has 0 heterocycles. The largest absolute Gasteiger partial charge is 0.497 e. The fourth-order valence-corrected chi connectivity index (χ4v) is 1.44. The number of hydrogen-bond acceptors (Lipinski definition) is 3. The van der Waals surface area contributed by atoms with Gasteiger partial charge < -0.3 is 15.4 Å². The highest BCUT2D eigenvalue weighted by Crippen LogP contribution is 2.16. The first kappa shape index (κ1) is 15.0. The fraction of sp³-hybridized carbons (Fsp3) is 0.429. The molecule has 0 aliphatic rings. The second-order valence-corrected chi connectivity index (χ2v) is 4.62. The third kappa shape index (κ3) is 5.42. The number of benzene rings is 1. The molecule has 2 amide bonds. The average Bonchev–Trinajstić information content (AvgIpc) is 2.38. The standard InChI is InChI=1S/C14H20N2O3/c1-10(2)7-8-15-13(17)14(18)16-11-5-4-6-12(9-11)19-3/h4-6,9-10H,7-8H2,1-3H3,(H,15,17)(H,16,18). The number of carbonyl (C=O) groups excluding carboxylic acids is 2. The lowest BCUT2D eigenvalue weighted by Crippen LogP contribution is -2.36. The first-order chi connectivity index (χ1) is 9.02. The summed E-state index contributed by atoms with van der Waals surface area (Å²) >= 11 is 0. The summed E-state index contributed by atoms with van der Waals surface area (Å²) in [5.74, 6) is -0.180. The van der Waals surface area contributed by atoms with Gasteiger partial charge >= 0.3 is 11.8 Å². The van der Waals surface area contributed by atoms with Crippen LogP contribution in [0.25, 0.3) is 0 Å². The molecule has 0 unspecified atom stereocenters. The molecular weight excluding hydrogens is 244 g/mol. The fourth-order valence-electron chi connectivity index (χ4n) is 1.44. The molecule has 0 aliphatic carbocycles. The monoisotopic (exact) mass is 264 g/mol. The summed E-state index contributed by atoms with van der Waals surface area (Å²) in [5.41, 5.74) is 0.531. The molecule has 0 radical (unpaired) electrons. The highest BCUT2D eigenvalue weighted by molar-refractivity contribution is 6.39. The zero-order valence-corrected chi connectivity index (χ0v) is 11.5. The SMILES string of the molecule is COc1cccc(NC(=O)C(=O)NCCC(C)C)c1. The van der Waals surface area contributed by atoms with Crippen molar-refractivity contribution >= 4 is 17.5 Å². The van der Waals surface area contributed by atoms with Crippen LogP contribution in [-0.4, -0.2) is 25.5 Å². The summed E-state index contributed by atoms with van der Waals surface area (Å²) < 4.78 is 5.04. The van der Waals surface area contributed by atoms with Crippen LogP contribution >= 0.6 is 0 Å². The van der Waals surface area contributed by atoms with Crippen molar-refractivity contribution in [3.05, 3.63) is 24.3 Å². The summed E-state index contributed by atoms with van der Waals surface area (Å²) in [7, 11) is 1.54. The first-order valence-electron chi connectivity index (χ1n) is 6.26. The Morgan fingerprint density at radius 3 is 2.63 bits per heavy atom. The Morgan fingerprint density at radius 1 is 1.26 bits per heavy atom. The van der Waals surface area contributed by atoms with Gasteiger partial charge in [-0.1, -0.05) is 19.9 Å². The Kier molecular flexibility index (Phi) is 5.85. The van der Waals surface area contributed by atoms with Crippen molar-refractivity contribution in [1.82, 2.24) is 5.32 Å². The molecule has 0 fully saturated rings. The molecule has 0 saturated heterocycles. The predicted octanol–water partition coefficient (Wildman–Crippen LogP) is 1.80. The summed E-state index contributed by atoms with van der Waals surface area (Å²) in [4.78, 5) is 23.2. The maximum absolute atomic E-state index is 11.6. The number of ether oxygens (including phenoxy) is 1. The summed E-state index contributed by atoms with van der Waals surface area (Å²) in [5, 5.41) is 5.10. The van der Waals surface area contributed by atoms with Gasteiger partial charge in [-0.25, -0.2) is 0 Å². The van der Waals surface area contributed by atoms with Crippen molar-refractivity contribution in [2.45, 2.75) is 20.3 Å². The second-order valence-electron chi connectivity index (χ2n) is 4.62. The lowest BCUT2D eigenvalue weighted by atomic mass is 10.1. The maximum atomic E-state index is 11.6. The molecule has 0 bridgehead atoms. The molecule has 1 aromatic carbocycles. The Morgan fingerprint density at radius 2 is 2.00 bits per heavy atom. The van der Waals surface area contributed by atoms with E-state index in [-0.39, 0.29) is 0 Å². The Hall–Kier alpha value is -2.04. The van der Waals surface area contributed by atoms with Crippen molar-refractivity contribution in [2.24, 2.45) is 5.92 Å². The molecule has 1 rings (SSSR count). The third-order valence-corrected chi connectivity index (χ3v) is 2.54. The van der Waals surface area contributed by atoms with Crippen LogP contribution in [0.15, 0.2) is 24.3 Å². The van der Waals surface area contributed by atoms with E-state index in [1.807, 2.05) is 0 Å². The van der Waals surface area contributed by atoms with Gasteiger partial charge in [0.15, 0.2) is 0 Å². The van der Waals surface area contributed by atoms with Crippen LogP contribution in [0.5, 0.6) is 5.75 Å². The van der Waals surface area contributed by atoms with Crippen molar-refractivity contribution < 1.29 is 14.3 Å². The molecule has 2 N–H and O–H groups in total. The van der Waals surface area contributed by atoms with E-state index in [0.29, 0.717) is 23.9 Å². The van der Waals surface area contributed by atoms with Crippen molar-refractivity contribution in [1.29, 1.82) is 0 Å². The minimum atomic E-state index is -0.669. The number of nitrogens with one attached hydrogen (secondary N) is 2. The number of carbonyl (C=O) groups is 2. The number of anilines is 1. The van der Waals surface area contributed by atoms with E-state index in [2.05, 4.69) is 24.5 Å². The van der Waals surface area contributed by atoms with E-state index in [1.165, 1.54) is 0 Å². The summed E-state index contributed by atoms with van der Waals surface area (Å²) in [6.45, 7) is 4.62. The van der Waals surface area contributed by atoms with E-state index in [1.54, 1.807) is 31.4 Å². The molecule has 5 heteroatoms. The number of methoxy groups -OCH3 is 1. The topological polar surface area (TPSA) is 67.4 Å². The molecule has 0 aliphatic heterocycles. The smallest absolute Gasteiger partial charge is 0.313 e. The van der Waals surface area contributed by atoms with Gasteiger partial charge in [0.25, 0.3) is 0 Å². The quantitative estimate of drug-likeness (QED) is 0.797. The highest BCUT2D eigenvalue weighted by atomic mass is 16.5. The molecule has 5 nitrogen and oxygen atoms in total. The van der Waals surface area contributed by atoms with Crippen LogP contribution in [0, 0.1) is 5.92 Å². The van der Waals surface area contributed by atoms with Crippen LogP contribution in [-0.2, 0) is 9.59 Å². The van der Waals surface area contributed by atoms with Crippen LogP contribution < -0.4 is 15.4 Å². The Balaban J connectivity index is 2.47. The third-order valence-electron chi connectivity index (χ3n) is 2.54. The molecule has 0 aromatic heterocycles. The highest BCUT2D eigenvalue weighted by Gasteiger charge is 2.13. The number of amides is 2. The van der Waals surface area contributed by atoms with E-state index in [0.717, 1.165) is 6.42 Å².